The van der Waals surface area contributed by atoms with E-state index in [0.29, 0.717) is 0 Å². The lowest BCUT2D eigenvalue weighted by Gasteiger charge is -1.93. The lowest BCUT2D eigenvalue weighted by molar-refractivity contribution is 1.52. The average molecular weight is 324 g/mol. The average Bonchev–Trinajstić information content (AvgIpc) is 3.06. The standard InChI is InChI=1S/C18H12S3/c1-9-3-4-12-15(5-9)20-18-13-8-14-11(6-10(2)19-14)7-16(13)21-17(12)18/h3-8H,1-2H3. The Hall–Kier alpha value is -1.42. The summed E-state index contributed by atoms with van der Waals surface area (Å²) in [5, 5.41) is 4.24. The first-order valence-corrected chi connectivity index (χ1v) is 9.39. The van der Waals surface area contributed by atoms with Crippen molar-refractivity contribution in [3.63, 3.8) is 0 Å². The normalized spacial score (nSPS) is 12.3. The van der Waals surface area contributed by atoms with Crippen molar-refractivity contribution in [1.82, 2.24) is 0 Å². The Morgan fingerprint density at radius 3 is 2.29 bits per heavy atom. The van der Waals surface area contributed by atoms with E-state index >= 15 is 0 Å². The minimum atomic E-state index is 1.34. The molecule has 0 amide bonds. The van der Waals surface area contributed by atoms with Crippen LogP contribution in [0.5, 0.6) is 0 Å². The van der Waals surface area contributed by atoms with Gasteiger partial charge in [-0.25, -0.2) is 0 Å². The van der Waals surface area contributed by atoms with E-state index in [1.165, 1.54) is 50.1 Å². The molecule has 0 saturated carbocycles. The quantitative estimate of drug-likeness (QED) is 0.285. The number of hydrogen-bond donors (Lipinski definition) is 0. The molecule has 3 aromatic heterocycles. The van der Waals surface area contributed by atoms with Gasteiger partial charge >= 0.3 is 0 Å². The first-order chi connectivity index (χ1) is 10.2. The highest BCUT2D eigenvalue weighted by atomic mass is 32.1. The lowest BCUT2D eigenvalue weighted by Crippen LogP contribution is -1.67. The van der Waals surface area contributed by atoms with Gasteiger partial charge in [0.2, 0.25) is 0 Å². The molecule has 0 atom stereocenters. The van der Waals surface area contributed by atoms with E-state index in [4.69, 9.17) is 0 Å². The molecular formula is C18H12S3. The molecule has 21 heavy (non-hydrogen) atoms. The number of fused-ring (bicyclic) bond motifs is 6. The van der Waals surface area contributed by atoms with Gasteiger partial charge in [0.15, 0.2) is 0 Å². The Morgan fingerprint density at radius 1 is 0.667 bits per heavy atom. The van der Waals surface area contributed by atoms with Gasteiger partial charge in [-0.2, -0.15) is 0 Å². The van der Waals surface area contributed by atoms with Gasteiger partial charge in [0.05, 0.1) is 9.40 Å². The first-order valence-electron chi connectivity index (χ1n) is 6.94. The zero-order valence-electron chi connectivity index (χ0n) is 11.7. The fourth-order valence-corrected chi connectivity index (χ4v) is 6.75. The molecule has 0 radical (unpaired) electrons. The molecule has 0 N–H and O–H groups in total. The fraction of sp³-hybridized carbons (Fsp3) is 0.111. The number of aryl methyl sites for hydroxylation is 2. The predicted molar refractivity (Wildman–Crippen MR) is 99.6 cm³/mol. The summed E-state index contributed by atoms with van der Waals surface area (Å²) in [5.41, 5.74) is 1.34. The van der Waals surface area contributed by atoms with E-state index in [9.17, 15) is 0 Å². The van der Waals surface area contributed by atoms with Crippen molar-refractivity contribution < 1.29 is 0 Å². The van der Waals surface area contributed by atoms with Crippen molar-refractivity contribution in [3.05, 3.63) is 46.8 Å². The molecule has 2 aromatic carbocycles. The zero-order valence-corrected chi connectivity index (χ0v) is 14.1. The van der Waals surface area contributed by atoms with Crippen LogP contribution in [-0.4, -0.2) is 0 Å². The van der Waals surface area contributed by atoms with Gasteiger partial charge in [-0.1, -0.05) is 12.1 Å². The lowest BCUT2D eigenvalue weighted by atomic mass is 10.2. The minimum absolute atomic E-state index is 1.34. The van der Waals surface area contributed by atoms with Gasteiger partial charge in [0.25, 0.3) is 0 Å². The molecule has 0 aliphatic rings. The molecule has 0 aliphatic heterocycles. The van der Waals surface area contributed by atoms with Crippen molar-refractivity contribution >= 4 is 73.7 Å². The van der Waals surface area contributed by atoms with Crippen LogP contribution in [0.25, 0.3) is 39.7 Å². The third-order valence-corrected chi connectivity index (χ3v) is 7.51. The van der Waals surface area contributed by atoms with E-state index in [-0.39, 0.29) is 0 Å². The number of thiophene rings is 3. The Morgan fingerprint density at radius 2 is 1.43 bits per heavy atom. The molecule has 0 aliphatic carbocycles. The van der Waals surface area contributed by atoms with Crippen LogP contribution in [0.1, 0.15) is 10.4 Å². The van der Waals surface area contributed by atoms with E-state index in [0.717, 1.165) is 0 Å². The highest BCUT2D eigenvalue weighted by molar-refractivity contribution is 7.36. The maximum Gasteiger partial charge on any atom is 0.0542 e. The van der Waals surface area contributed by atoms with Crippen molar-refractivity contribution in [2.75, 3.05) is 0 Å². The molecule has 0 spiro atoms. The van der Waals surface area contributed by atoms with E-state index in [2.05, 4.69) is 50.2 Å². The summed E-state index contributed by atoms with van der Waals surface area (Å²) in [7, 11) is 0. The summed E-state index contributed by atoms with van der Waals surface area (Å²) in [5.74, 6) is 0. The molecule has 0 fully saturated rings. The zero-order chi connectivity index (χ0) is 14.1. The minimum Gasteiger partial charge on any atom is -0.141 e. The van der Waals surface area contributed by atoms with Crippen LogP contribution in [0.15, 0.2) is 36.4 Å². The van der Waals surface area contributed by atoms with Crippen LogP contribution in [-0.2, 0) is 0 Å². The van der Waals surface area contributed by atoms with Gasteiger partial charge in [0, 0.05) is 29.7 Å². The summed E-state index contributed by atoms with van der Waals surface area (Å²) in [6, 6.07) is 13.9. The molecule has 3 heterocycles. The number of benzene rings is 2. The van der Waals surface area contributed by atoms with Crippen molar-refractivity contribution in [2.24, 2.45) is 0 Å². The molecule has 5 aromatic rings. The SMILES string of the molecule is Cc1ccc2c(c1)sc1c3cc4sc(C)cc4cc3sc21. The van der Waals surface area contributed by atoms with Crippen LogP contribution in [0.3, 0.4) is 0 Å². The number of rotatable bonds is 0. The van der Waals surface area contributed by atoms with Crippen LogP contribution in [0, 0.1) is 13.8 Å². The van der Waals surface area contributed by atoms with Gasteiger partial charge in [-0.05, 0) is 49.1 Å². The molecule has 0 bridgehead atoms. The molecule has 102 valence electrons. The molecular weight excluding hydrogens is 312 g/mol. The molecule has 3 heteroatoms. The molecule has 0 nitrogen and oxygen atoms in total. The molecule has 0 saturated heterocycles. The fourth-order valence-electron chi connectivity index (χ4n) is 3.03. The Kier molecular flexibility index (Phi) is 2.35. The van der Waals surface area contributed by atoms with Crippen molar-refractivity contribution in [3.8, 4) is 0 Å². The Bertz CT molecular complexity index is 1150. The second kappa shape index (κ2) is 4.07. The smallest absolute Gasteiger partial charge is 0.0542 e. The first kappa shape index (κ1) is 12.2. The van der Waals surface area contributed by atoms with E-state index in [1.54, 1.807) is 0 Å². The monoisotopic (exact) mass is 324 g/mol. The van der Waals surface area contributed by atoms with Crippen molar-refractivity contribution in [1.29, 1.82) is 0 Å². The summed E-state index contributed by atoms with van der Waals surface area (Å²) in [6.45, 7) is 4.36. The maximum absolute atomic E-state index is 2.39. The largest absolute Gasteiger partial charge is 0.141 e. The topological polar surface area (TPSA) is 0 Å². The van der Waals surface area contributed by atoms with Crippen LogP contribution in [0.4, 0.5) is 0 Å². The summed E-state index contributed by atoms with van der Waals surface area (Å²) in [4.78, 5) is 1.39. The molecule has 0 unspecified atom stereocenters. The predicted octanol–water partition coefficient (Wildman–Crippen LogP) is 7.10. The summed E-state index contributed by atoms with van der Waals surface area (Å²) < 4.78 is 7.17. The Labute approximate surface area is 134 Å². The van der Waals surface area contributed by atoms with Gasteiger partial charge in [0.1, 0.15) is 0 Å². The van der Waals surface area contributed by atoms with Gasteiger partial charge in [-0.15, -0.1) is 34.0 Å². The van der Waals surface area contributed by atoms with Crippen LogP contribution >= 0.6 is 34.0 Å². The third kappa shape index (κ3) is 1.65. The van der Waals surface area contributed by atoms with E-state index < -0.39 is 0 Å². The second-order valence-electron chi connectivity index (χ2n) is 5.61. The highest BCUT2D eigenvalue weighted by Crippen LogP contribution is 2.46. The summed E-state index contributed by atoms with van der Waals surface area (Å²) >= 11 is 5.78. The van der Waals surface area contributed by atoms with Gasteiger partial charge < -0.3 is 0 Å². The van der Waals surface area contributed by atoms with Gasteiger partial charge in [-0.3, -0.25) is 0 Å². The van der Waals surface area contributed by atoms with Crippen molar-refractivity contribution in [2.45, 2.75) is 13.8 Å². The highest BCUT2D eigenvalue weighted by Gasteiger charge is 2.13. The molecule has 5 rings (SSSR count). The maximum atomic E-state index is 2.39. The second-order valence-corrected chi connectivity index (χ2v) is 9.00. The summed E-state index contributed by atoms with van der Waals surface area (Å²) in [6.07, 6.45) is 0. The van der Waals surface area contributed by atoms with E-state index in [1.807, 2.05) is 34.0 Å². The number of hydrogen-bond acceptors (Lipinski definition) is 3. The third-order valence-electron chi connectivity index (χ3n) is 4.00. The van der Waals surface area contributed by atoms with Crippen LogP contribution in [0.2, 0.25) is 0 Å². The van der Waals surface area contributed by atoms with Crippen LogP contribution < -0.4 is 0 Å². The Balaban J connectivity index is 1.99.